The first-order chi connectivity index (χ1) is 17.8. The molecule has 3 rings (SSSR count). The quantitative estimate of drug-likeness (QED) is 0.291. The van der Waals surface area contributed by atoms with Gasteiger partial charge in [-0.2, -0.15) is 39.5 Å². The van der Waals surface area contributed by atoms with Crippen LogP contribution in [0.5, 0.6) is 0 Å². The number of Topliss-reactive ketones (excluding diaryl/α,β-unsaturated/α-hetero) is 1. The number of hydrogen-bond donors (Lipinski definition) is 1. The first-order valence-corrected chi connectivity index (χ1v) is 11.7. The summed E-state index contributed by atoms with van der Waals surface area (Å²) in [6.45, 7) is 5.10. The minimum atomic E-state index is -5.05. The summed E-state index contributed by atoms with van der Waals surface area (Å²) in [5.41, 5.74) is -3.33. The minimum absolute atomic E-state index is 0.00362. The number of benzene rings is 3. The summed E-state index contributed by atoms with van der Waals surface area (Å²) in [6, 6.07) is 9.56. The Morgan fingerprint density at radius 1 is 0.667 bits per heavy atom. The molecule has 11 heteroatoms. The van der Waals surface area contributed by atoms with E-state index < -0.39 is 46.8 Å². The van der Waals surface area contributed by atoms with E-state index in [1.165, 1.54) is 31.2 Å². The van der Waals surface area contributed by atoms with Crippen molar-refractivity contribution >= 4 is 17.2 Å². The lowest BCUT2D eigenvalue weighted by Gasteiger charge is -2.20. The molecule has 210 valence electrons. The first-order valence-electron chi connectivity index (χ1n) is 11.7. The van der Waals surface area contributed by atoms with Crippen molar-refractivity contribution in [1.29, 1.82) is 0 Å². The van der Waals surface area contributed by atoms with E-state index in [1.54, 1.807) is 6.07 Å². The highest BCUT2D eigenvalue weighted by molar-refractivity contribution is 5.85. The highest BCUT2D eigenvalue weighted by atomic mass is 19.4. The van der Waals surface area contributed by atoms with E-state index in [-0.39, 0.29) is 23.5 Å². The van der Waals surface area contributed by atoms with E-state index in [4.69, 9.17) is 0 Å². The van der Waals surface area contributed by atoms with E-state index in [0.29, 0.717) is 35.2 Å². The Bertz CT molecular complexity index is 1290. The second-order valence-corrected chi connectivity index (χ2v) is 9.63. The van der Waals surface area contributed by atoms with Gasteiger partial charge in [-0.1, -0.05) is 32.0 Å². The highest BCUT2D eigenvalue weighted by Gasteiger charge is 2.37. The SMILES string of the molecule is CC(=O)C(CC(C)C)c1cc(Nc2cc(C(F)(F)F)cc(C(F)(F)F)c2)cc(-c2ccc(C(F)(F)F)cc2)c1. The lowest BCUT2D eigenvalue weighted by atomic mass is 9.85. The molecular weight excluding hydrogens is 537 g/mol. The number of nitrogens with one attached hydrogen (secondary N) is 1. The van der Waals surface area contributed by atoms with Gasteiger partial charge in [-0.05, 0) is 78.4 Å². The molecule has 0 bridgehead atoms. The molecule has 0 amide bonds. The Balaban J connectivity index is 2.17. The third-order valence-electron chi connectivity index (χ3n) is 5.98. The molecule has 1 unspecified atom stereocenters. The van der Waals surface area contributed by atoms with Gasteiger partial charge in [-0.15, -0.1) is 0 Å². The summed E-state index contributed by atoms with van der Waals surface area (Å²) in [5.74, 6) is -0.826. The van der Waals surface area contributed by atoms with Crippen molar-refractivity contribution in [2.75, 3.05) is 5.32 Å². The zero-order chi connectivity index (χ0) is 29.3. The number of halogens is 9. The molecule has 0 aromatic heterocycles. The Morgan fingerprint density at radius 3 is 1.59 bits per heavy atom. The molecule has 1 atom stereocenters. The monoisotopic (exact) mass is 561 g/mol. The van der Waals surface area contributed by atoms with Gasteiger partial charge in [0.1, 0.15) is 5.78 Å². The van der Waals surface area contributed by atoms with Gasteiger partial charge in [-0.3, -0.25) is 4.79 Å². The number of ketones is 1. The predicted molar refractivity (Wildman–Crippen MR) is 129 cm³/mol. The average Bonchev–Trinajstić information content (AvgIpc) is 2.80. The molecule has 0 radical (unpaired) electrons. The third kappa shape index (κ3) is 7.77. The molecule has 0 saturated carbocycles. The standard InChI is InChI=1S/C28H24F9NO/c1-15(2)8-25(16(3)39)19-9-18(17-4-6-20(7-5-17)26(29,30)31)10-23(11-19)38-24-13-21(27(32,33)34)12-22(14-24)28(35,36)37/h4-7,9-15,25,38H,8H2,1-3H3. The van der Waals surface area contributed by atoms with Crippen LogP contribution < -0.4 is 5.32 Å². The number of carbonyl (C=O) groups excluding carboxylic acids is 1. The van der Waals surface area contributed by atoms with E-state index >= 15 is 0 Å². The summed E-state index contributed by atoms with van der Waals surface area (Å²) in [5, 5.41) is 2.57. The van der Waals surface area contributed by atoms with Crippen molar-refractivity contribution in [3.8, 4) is 11.1 Å². The highest BCUT2D eigenvalue weighted by Crippen LogP contribution is 2.39. The lowest BCUT2D eigenvalue weighted by Crippen LogP contribution is -2.13. The van der Waals surface area contributed by atoms with Crippen molar-refractivity contribution in [3.63, 3.8) is 0 Å². The van der Waals surface area contributed by atoms with Crippen LogP contribution in [0.1, 0.15) is 55.4 Å². The van der Waals surface area contributed by atoms with Gasteiger partial charge in [0.15, 0.2) is 0 Å². The smallest absolute Gasteiger partial charge is 0.355 e. The van der Waals surface area contributed by atoms with E-state index in [0.717, 1.165) is 12.1 Å². The summed E-state index contributed by atoms with van der Waals surface area (Å²) in [7, 11) is 0. The van der Waals surface area contributed by atoms with Crippen LogP contribution in [0.2, 0.25) is 0 Å². The zero-order valence-electron chi connectivity index (χ0n) is 20.9. The molecule has 0 aliphatic rings. The van der Waals surface area contributed by atoms with Crippen molar-refractivity contribution < 1.29 is 44.3 Å². The minimum Gasteiger partial charge on any atom is -0.355 e. The van der Waals surface area contributed by atoms with E-state index in [2.05, 4.69) is 5.32 Å². The molecule has 0 spiro atoms. The molecule has 3 aromatic rings. The van der Waals surface area contributed by atoms with Crippen LogP contribution in [0, 0.1) is 5.92 Å². The summed E-state index contributed by atoms with van der Waals surface area (Å²) < 4.78 is 119. The fourth-order valence-electron chi connectivity index (χ4n) is 4.15. The normalized spacial score (nSPS) is 13.5. The van der Waals surface area contributed by atoms with Crippen LogP contribution in [0.15, 0.2) is 60.7 Å². The fourth-order valence-corrected chi connectivity index (χ4v) is 4.15. The number of anilines is 2. The molecule has 0 fully saturated rings. The van der Waals surface area contributed by atoms with Gasteiger partial charge in [0.25, 0.3) is 0 Å². The topological polar surface area (TPSA) is 29.1 Å². The molecule has 39 heavy (non-hydrogen) atoms. The van der Waals surface area contributed by atoms with Crippen LogP contribution in [0.4, 0.5) is 50.9 Å². The summed E-state index contributed by atoms with van der Waals surface area (Å²) in [4.78, 5) is 12.5. The average molecular weight is 561 g/mol. The van der Waals surface area contributed by atoms with E-state index in [1.807, 2.05) is 13.8 Å². The number of carbonyl (C=O) groups is 1. The second kappa shape index (κ2) is 10.9. The van der Waals surface area contributed by atoms with Gasteiger partial charge in [0.05, 0.1) is 16.7 Å². The number of hydrogen-bond acceptors (Lipinski definition) is 2. The van der Waals surface area contributed by atoms with Gasteiger partial charge in [0, 0.05) is 17.3 Å². The molecule has 1 N–H and O–H groups in total. The number of rotatable bonds is 7. The maximum atomic E-state index is 13.3. The third-order valence-corrected chi connectivity index (χ3v) is 5.98. The zero-order valence-corrected chi connectivity index (χ0v) is 20.9. The van der Waals surface area contributed by atoms with Crippen molar-refractivity contribution in [2.45, 2.75) is 51.6 Å². The van der Waals surface area contributed by atoms with Crippen molar-refractivity contribution in [2.24, 2.45) is 5.92 Å². The Morgan fingerprint density at radius 2 is 1.15 bits per heavy atom. The van der Waals surface area contributed by atoms with Gasteiger partial charge in [-0.25, -0.2) is 0 Å². The Hall–Kier alpha value is -3.50. The van der Waals surface area contributed by atoms with Crippen LogP contribution in [0.3, 0.4) is 0 Å². The van der Waals surface area contributed by atoms with Gasteiger partial charge in [0.2, 0.25) is 0 Å². The molecule has 0 aliphatic carbocycles. The molecular formula is C28H24F9NO. The molecule has 2 nitrogen and oxygen atoms in total. The fraction of sp³-hybridized carbons (Fsp3) is 0.321. The van der Waals surface area contributed by atoms with Crippen LogP contribution in [-0.4, -0.2) is 5.78 Å². The summed E-state index contributed by atoms with van der Waals surface area (Å²) >= 11 is 0. The Kier molecular flexibility index (Phi) is 8.43. The van der Waals surface area contributed by atoms with Crippen LogP contribution >= 0.6 is 0 Å². The Labute approximate surface area is 218 Å². The molecule has 0 aliphatic heterocycles. The van der Waals surface area contributed by atoms with Crippen LogP contribution in [0.25, 0.3) is 11.1 Å². The largest absolute Gasteiger partial charge is 0.416 e. The maximum absolute atomic E-state index is 13.3. The molecule has 0 heterocycles. The maximum Gasteiger partial charge on any atom is 0.416 e. The summed E-state index contributed by atoms with van der Waals surface area (Å²) in [6.07, 6.45) is -14.3. The first kappa shape index (κ1) is 30.0. The van der Waals surface area contributed by atoms with E-state index in [9.17, 15) is 44.3 Å². The second-order valence-electron chi connectivity index (χ2n) is 9.63. The van der Waals surface area contributed by atoms with Gasteiger partial charge >= 0.3 is 18.5 Å². The van der Waals surface area contributed by atoms with Crippen molar-refractivity contribution in [3.05, 3.63) is 82.9 Å². The predicted octanol–water partition coefficient (Wildman–Crippen LogP) is 9.87. The number of alkyl halides is 9. The van der Waals surface area contributed by atoms with Crippen molar-refractivity contribution in [1.82, 2.24) is 0 Å². The molecule has 0 saturated heterocycles. The van der Waals surface area contributed by atoms with Gasteiger partial charge < -0.3 is 5.32 Å². The molecule has 3 aromatic carbocycles. The van der Waals surface area contributed by atoms with Crippen LogP contribution in [-0.2, 0) is 23.3 Å². The lowest BCUT2D eigenvalue weighted by molar-refractivity contribution is -0.143.